The van der Waals surface area contributed by atoms with Crippen LogP contribution in [0.15, 0.2) is 104 Å². The molecule has 0 radical (unpaired) electrons. The molecule has 284 valence electrons. The van der Waals surface area contributed by atoms with Crippen LogP contribution in [0.1, 0.15) is 42.0 Å². The number of carbonyl (C=O) groups excluding carboxylic acids is 4. The number of aliphatic hydroxyl groups excluding tert-OH is 1. The molecule has 1 unspecified atom stereocenters. The summed E-state index contributed by atoms with van der Waals surface area (Å²) in [5.74, 6) is -3.87. The Bertz CT molecular complexity index is 1860. The van der Waals surface area contributed by atoms with Gasteiger partial charge in [0.05, 0.1) is 47.3 Å². The first-order chi connectivity index (χ1) is 26.1. The molecule has 0 aliphatic carbocycles. The summed E-state index contributed by atoms with van der Waals surface area (Å²) in [6, 6.07) is 21.1. The number of amides is 3. The third-order valence-corrected chi connectivity index (χ3v) is 11.8. The summed E-state index contributed by atoms with van der Waals surface area (Å²) in [6.07, 6.45) is 3.60. The highest BCUT2D eigenvalue weighted by Crippen LogP contribution is 2.61. The Hall–Kier alpha value is -4.29. The summed E-state index contributed by atoms with van der Waals surface area (Å²) >= 11 is 10.5. The molecule has 3 fully saturated rings. The zero-order chi connectivity index (χ0) is 38.6. The number of benzene rings is 3. The maximum absolute atomic E-state index is 15.3. The molecule has 3 aliphatic heterocycles. The van der Waals surface area contributed by atoms with E-state index in [0.717, 1.165) is 11.1 Å². The molecular weight excluding hydrogens is 774 g/mol. The number of esters is 1. The van der Waals surface area contributed by atoms with Crippen molar-refractivity contribution in [3.8, 4) is 0 Å². The summed E-state index contributed by atoms with van der Waals surface area (Å²) < 4.78 is 12.4. The van der Waals surface area contributed by atoms with Gasteiger partial charge < -0.3 is 29.7 Å². The topological polar surface area (TPSA) is 125 Å². The summed E-state index contributed by atoms with van der Waals surface area (Å²) in [4.78, 5) is 60.0. The van der Waals surface area contributed by atoms with Crippen LogP contribution in [0.5, 0.6) is 0 Å². The van der Waals surface area contributed by atoms with Gasteiger partial charge in [0.25, 0.3) is 5.91 Å². The second-order valence-corrected chi connectivity index (χ2v) is 15.6. The number of nitrogens with zero attached hydrogens (tertiary/aromatic N) is 2. The maximum Gasteiger partial charge on any atom is 0.306 e. The van der Waals surface area contributed by atoms with Crippen LogP contribution >= 0.6 is 27.5 Å². The number of anilines is 1. The molecule has 54 heavy (non-hydrogen) atoms. The van der Waals surface area contributed by atoms with Crippen LogP contribution in [0.2, 0.25) is 5.02 Å². The van der Waals surface area contributed by atoms with Gasteiger partial charge in [-0.25, -0.2) is 0 Å². The van der Waals surface area contributed by atoms with Crippen LogP contribution in [0.3, 0.4) is 0 Å². The molecule has 0 saturated carbocycles. The van der Waals surface area contributed by atoms with Crippen molar-refractivity contribution < 1.29 is 33.8 Å². The number of aliphatic hydroxyl groups is 1. The number of allylic oxidation sites excluding steroid dienone is 1. The molecule has 3 amide bonds. The van der Waals surface area contributed by atoms with Gasteiger partial charge in [0, 0.05) is 17.8 Å². The summed E-state index contributed by atoms with van der Waals surface area (Å²) in [5, 5.41) is 14.4. The summed E-state index contributed by atoms with van der Waals surface area (Å²) in [6.45, 7) is 8.92. The van der Waals surface area contributed by atoms with E-state index in [1.807, 2.05) is 73.7 Å². The van der Waals surface area contributed by atoms with E-state index in [9.17, 15) is 14.7 Å². The van der Waals surface area contributed by atoms with Crippen molar-refractivity contribution in [1.82, 2.24) is 10.2 Å². The van der Waals surface area contributed by atoms with E-state index in [2.05, 4.69) is 34.4 Å². The van der Waals surface area contributed by atoms with Gasteiger partial charge in [-0.05, 0) is 48.9 Å². The number of fused-ring (bicyclic) bond motifs is 1. The van der Waals surface area contributed by atoms with Gasteiger partial charge >= 0.3 is 5.97 Å². The number of para-hydroxylation sites is 1. The Balaban J connectivity index is 1.40. The Morgan fingerprint density at radius 3 is 2.44 bits per heavy atom. The molecular formula is C42H45BrClN3O7. The van der Waals surface area contributed by atoms with Gasteiger partial charge in [-0.1, -0.05) is 112 Å². The predicted octanol–water partition coefficient (Wildman–Crippen LogP) is 5.89. The zero-order valence-corrected chi connectivity index (χ0v) is 32.5. The predicted molar refractivity (Wildman–Crippen MR) is 210 cm³/mol. The van der Waals surface area contributed by atoms with Gasteiger partial charge in [-0.3, -0.25) is 19.2 Å². The molecule has 10 nitrogen and oxygen atoms in total. The van der Waals surface area contributed by atoms with Crippen molar-refractivity contribution in [2.45, 2.75) is 67.3 Å². The van der Waals surface area contributed by atoms with Gasteiger partial charge in [0.2, 0.25) is 11.8 Å². The van der Waals surface area contributed by atoms with E-state index in [4.69, 9.17) is 21.1 Å². The lowest BCUT2D eigenvalue weighted by molar-refractivity contribution is -0.146. The normalized spacial score (nSPS) is 25.1. The largest absolute Gasteiger partial charge is 0.463 e. The standard InChI is InChI=1S/C42H45BrClN3O7/c1-4-6-20-33(49)53-25-32(28-17-11-8-12-18-28)45-39(50)34-35-40(51)47(29(24-48)22-27-15-9-7-10-16-27)38(42(35)23-30(43)37(34)54-42)41(52)46(21-5-2)36-26(3)14-13-19-31(36)44/h4-5,7-19,29-30,32,34-35,37-38,48H,1-2,6,20-25H2,3H3,(H,45,50)/t29-,30?,32-,34-,35+,37-,38-,42+/m1/s1. The number of hydrogen-bond donors (Lipinski definition) is 2. The van der Waals surface area contributed by atoms with Crippen LogP contribution in [-0.2, 0) is 35.1 Å². The van der Waals surface area contributed by atoms with Crippen LogP contribution in [-0.4, -0.2) is 82.1 Å². The summed E-state index contributed by atoms with van der Waals surface area (Å²) in [7, 11) is 0. The molecule has 1 spiro atoms. The Morgan fingerprint density at radius 2 is 1.80 bits per heavy atom. The smallest absolute Gasteiger partial charge is 0.306 e. The van der Waals surface area contributed by atoms with Crippen molar-refractivity contribution in [3.63, 3.8) is 0 Å². The maximum atomic E-state index is 15.3. The molecule has 3 saturated heterocycles. The van der Waals surface area contributed by atoms with Crippen molar-refractivity contribution in [2.24, 2.45) is 11.8 Å². The monoisotopic (exact) mass is 817 g/mol. The molecule has 3 aromatic carbocycles. The number of aryl methyl sites for hydroxylation is 1. The van der Waals surface area contributed by atoms with Gasteiger partial charge in [0.1, 0.15) is 18.2 Å². The molecule has 6 rings (SSSR count). The fourth-order valence-corrected chi connectivity index (χ4v) is 9.62. The number of ether oxygens (including phenoxy) is 2. The molecule has 3 aliphatic rings. The number of hydrogen-bond acceptors (Lipinski definition) is 7. The minimum atomic E-state index is -1.42. The molecule has 12 heteroatoms. The number of rotatable bonds is 16. The third kappa shape index (κ3) is 7.51. The highest BCUT2D eigenvalue weighted by molar-refractivity contribution is 9.09. The first-order valence-electron chi connectivity index (χ1n) is 18.1. The number of alkyl halides is 1. The second kappa shape index (κ2) is 17.0. The molecule has 2 N–H and O–H groups in total. The quantitative estimate of drug-likeness (QED) is 0.105. The molecule has 2 bridgehead atoms. The average Bonchev–Trinajstić information content (AvgIpc) is 3.77. The van der Waals surface area contributed by atoms with Crippen LogP contribution in [0, 0.1) is 18.8 Å². The number of likely N-dealkylation sites (tertiary alicyclic amines) is 1. The first-order valence-corrected chi connectivity index (χ1v) is 19.4. The lowest BCUT2D eigenvalue weighted by atomic mass is 9.70. The lowest BCUT2D eigenvalue weighted by Gasteiger charge is -2.40. The number of nitrogens with one attached hydrogen (secondary N) is 1. The third-order valence-electron chi connectivity index (χ3n) is 10.7. The fourth-order valence-electron chi connectivity index (χ4n) is 8.35. The van der Waals surface area contributed by atoms with Gasteiger partial charge in [0.15, 0.2) is 0 Å². The minimum absolute atomic E-state index is 0.0838. The highest BCUT2D eigenvalue weighted by atomic mass is 79.9. The molecule has 3 heterocycles. The molecule has 3 aromatic rings. The molecule has 8 atom stereocenters. The first kappa shape index (κ1) is 39.4. The van der Waals surface area contributed by atoms with Gasteiger partial charge in [-0.2, -0.15) is 0 Å². The van der Waals surface area contributed by atoms with Crippen molar-refractivity contribution in [2.75, 3.05) is 24.7 Å². The average molecular weight is 819 g/mol. The highest BCUT2D eigenvalue weighted by Gasteiger charge is 2.77. The Kier molecular flexibility index (Phi) is 12.4. The molecule has 0 aromatic heterocycles. The van der Waals surface area contributed by atoms with E-state index in [1.54, 1.807) is 24.3 Å². The fraction of sp³-hybridized carbons (Fsp3) is 0.381. The number of halogens is 2. The lowest BCUT2D eigenvalue weighted by Crippen LogP contribution is -2.59. The van der Waals surface area contributed by atoms with E-state index in [-0.39, 0.29) is 37.2 Å². The van der Waals surface area contributed by atoms with Crippen LogP contribution in [0.25, 0.3) is 0 Å². The minimum Gasteiger partial charge on any atom is -0.463 e. The van der Waals surface area contributed by atoms with Gasteiger partial charge in [-0.15, -0.1) is 13.2 Å². The second-order valence-electron chi connectivity index (χ2n) is 14.1. The van der Waals surface area contributed by atoms with Crippen LogP contribution < -0.4 is 10.2 Å². The van der Waals surface area contributed by atoms with Crippen molar-refractivity contribution in [1.29, 1.82) is 0 Å². The van der Waals surface area contributed by atoms with E-state index < -0.39 is 72.0 Å². The van der Waals surface area contributed by atoms with E-state index in [1.165, 1.54) is 9.80 Å². The van der Waals surface area contributed by atoms with E-state index >= 15 is 9.59 Å². The Labute approximate surface area is 329 Å². The Morgan fingerprint density at radius 1 is 1.09 bits per heavy atom. The van der Waals surface area contributed by atoms with E-state index in [0.29, 0.717) is 22.7 Å². The van der Waals surface area contributed by atoms with Crippen molar-refractivity contribution in [3.05, 3.63) is 126 Å². The van der Waals surface area contributed by atoms with Crippen molar-refractivity contribution >= 4 is 56.9 Å². The zero-order valence-electron chi connectivity index (χ0n) is 30.1. The SMILES string of the molecule is C=CCCC(=O)OC[C@@H](NC(=O)[C@H]1[C@@H]2O[C@@]3(CC2Br)[C@@H]1C(=O)N([C@@H](CO)Cc1ccccc1)[C@@H]3C(=O)N(CC=C)c1c(C)cccc1Cl)c1ccccc1. The summed E-state index contributed by atoms with van der Waals surface area (Å²) in [5.41, 5.74) is 1.37. The number of carbonyl (C=O) groups is 4. The van der Waals surface area contributed by atoms with Crippen LogP contribution in [0.4, 0.5) is 5.69 Å².